The van der Waals surface area contributed by atoms with Crippen LogP contribution in [0.2, 0.25) is 5.02 Å². The highest BCUT2D eigenvalue weighted by Gasteiger charge is 2.14. The Hall–Kier alpha value is -1.85. The molecule has 0 fully saturated rings. The van der Waals surface area contributed by atoms with E-state index >= 15 is 0 Å². The molecule has 2 rings (SSSR count). The molecule has 0 unspecified atom stereocenters. The lowest BCUT2D eigenvalue weighted by molar-refractivity contribution is -0.120. The first-order valence-electron chi connectivity index (χ1n) is 7.30. The maximum atomic E-state index is 11.9. The van der Waals surface area contributed by atoms with Gasteiger partial charge in [0, 0.05) is 35.6 Å². The minimum atomic E-state index is -0.0667. The van der Waals surface area contributed by atoms with Gasteiger partial charge in [0.25, 0.3) is 0 Å². The Morgan fingerprint density at radius 3 is 2.70 bits per heavy atom. The Morgan fingerprint density at radius 2 is 2.09 bits per heavy atom. The fourth-order valence-electron chi connectivity index (χ4n) is 2.31. The van der Waals surface area contributed by atoms with Crippen LogP contribution in [0.15, 0.2) is 35.7 Å². The topological polar surface area (TPSA) is 49.4 Å². The zero-order valence-electron chi connectivity index (χ0n) is 13.1. The second-order valence-corrected chi connectivity index (χ2v) is 6.68. The molecule has 23 heavy (non-hydrogen) atoms. The number of carbonyl (C=O) groups excluding carboxylic acids is 2. The van der Waals surface area contributed by atoms with Crippen molar-refractivity contribution < 1.29 is 9.59 Å². The van der Waals surface area contributed by atoms with Crippen molar-refractivity contribution in [3.05, 3.63) is 51.2 Å². The minimum Gasteiger partial charge on any atom is -0.354 e. The summed E-state index contributed by atoms with van der Waals surface area (Å²) >= 11 is 7.51. The van der Waals surface area contributed by atoms with E-state index in [0.29, 0.717) is 24.5 Å². The third-order valence-electron chi connectivity index (χ3n) is 3.40. The maximum Gasteiger partial charge on any atom is 0.225 e. The normalized spacial score (nSPS) is 10.4. The molecule has 0 aliphatic rings. The van der Waals surface area contributed by atoms with Gasteiger partial charge < -0.3 is 10.2 Å². The quantitative estimate of drug-likeness (QED) is 0.867. The molecule has 0 saturated carbocycles. The summed E-state index contributed by atoms with van der Waals surface area (Å²) in [6, 6.07) is 9.27. The van der Waals surface area contributed by atoms with Crippen molar-refractivity contribution in [2.24, 2.45) is 0 Å². The Labute approximate surface area is 145 Å². The molecule has 4 nitrogen and oxygen atoms in total. The number of hydrogen-bond acceptors (Lipinski definition) is 3. The first-order chi connectivity index (χ1) is 11.0. The van der Waals surface area contributed by atoms with Gasteiger partial charge in [-0.15, -0.1) is 11.3 Å². The Morgan fingerprint density at radius 1 is 1.30 bits per heavy atom. The standard InChI is InChI=1S/C17H19ClN2O2S/c1-12-10-14(18)5-6-16(12)20(13(2)21)8-7-19-17(22)11-15-4-3-9-23-15/h3-6,9-10H,7-8,11H2,1-2H3,(H,19,22). The van der Waals surface area contributed by atoms with Crippen LogP contribution in [0.1, 0.15) is 17.4 Å². The largest absolute Gasteiger partial charge is 0.354 e. The van der Waals surface area contributed by atoms with E-state index in [1.165, 1.54) is 6.92 Å². The zero-order chi connectivity index (χ0) is 16.8. The summed E-state index contributed by atoms with van der Waals surface area (Å²) in [6.07, 6.45) is 0.373. The number of nitrogens with zero attached hydrogens (tertiary/aromatic N) is 1. The second kappa shape index (κ2) is 8.13. The van der Waals surface area contributed by atoms with Crippen molar-refractivity contribution in [3.8, 4) is 0 Å². The molecule has 2 amide bonds. The van der Waals surface area contributed by atoms with Crippen LogP contribution in [0.25, 0.3) is 0 Å². The zero-order valence-corrected chi connectivity index (χ0v) is 14.7. The van der Waals surface area contributed by atoms with E-state index < -0.39 is 0 Å². The van der Waals surface area contributed by atoms with Crippen LogP contribution in [-0.2, 0) is 16.0 Å². The van der Waals surface area contributed by atoms with Crippen LogP contribution in [0.3, 0.4) is 0 Å². The molecule has 0 bridgehead atoms. The van der Waals surface area contributed by atoms with E-state index in [0.717, 1.165) is 16.1 Å². The molecule has 1 heterocycles. The van der Waals surface area contributed by atoms with Crippen molar-refractivity contribution in [1.82, 2.24) is 5.32 Å². The average molecular weight is 351 g/mol. The van der Waals surface area contributed by atoms with E-state index in [1.807, 2.05) is 36.6 Å². The van der Waals surface area contributed by atoms with Crippen molar-refractivity contribution in [3.63, 3.8) is 0 Å². The third-order valence-corrected chi connectivity index (χ3v) is 4.51. The molecule has 6 heteroatoms. The summed E-state index contributed by atoms with van der Waals surface area (Å²) in [6.45, 7) is 4.26. The van der Waals surface area contributed by atoms with Crippen molar-refractivity contribution in [2.75, 3.05) is 18.0 Å². The molecular weight excluding hydrogens is 332 g/mol. The van der Waals surface area contributed by atoms with Crippen LogP contribution in [-0.4, -0.2) is 24.9 Å². The molecule has 0 spiro atoms. The fourth-order valence-corrected chi connectivity index (χ4v) is 3.24. The Kier molecular flexibility index (Phi) is 6.19. The molecule has 1 aromatic heterocycles. The Bertz CT molecular complexity index is 686. The SMILES string of the molecule is CC(=O)N(CCNC(=O)Cc1cccs1)c1ccc(Cl)cc1C. The molecule has 0 atom stereocenters. The van der Waals surface area contributed by atoms with Crippen molar-refractivity contribution in [2.45, 2.75) is 20.3 Å². The molecule has 0 radical (unpaired) electrons. The molecule has 1 aromatic carbocycles. The number of nitrogens with one attached hydrogen (secondary N) is 1. The van der Waals surface area contributed by atoms with Crippen LogP contribution in [0.4, 0.5) is 5.69 Å². The molecule has 0 aliphatic heterocycles. The lowest BCUT2D eigenvalue weighted by Crippen LogP contribution is -2.38. The first kappa shape index (κ1) is 17.5. The number of aryl methyl sites for hydroxylation is 1. The van der Waals surface area contributed by atoms with Gasteiger partial charge in [0.05, 0.1) is 6.42 Å². The summed E-state index contributed by atoms with van der Waals surface area (Å²) in [5, 5.41) is 5.44. The molecule has 122 valence electrons. The number of anilines is 1. The van der Waals surface area contributed by atoms with Crippen LogP contribution in [0, 0.1) is 6.92 Å². The highest BCUT2D eigenvalue weighted by Crippen LogP contribution is 2.23. The summed E-state index contributed by atoms with van der Waals surface area (Å²) in [5.41, 5.74) is 1.74. The molecule has 1 N–H and O–H groups in total. The number of benzene rings is 1. The number of rotatable bonds is 6. The molecule has 0 saturated heterocycles. The van der Waals surface area contributed by atoms with Gasteiger partial charge in [0.1, 0.15) is 0 Å². The van der Waals surface area contributed by atoms with Crippen LogP contribution < -0.4 is 10.2 Å². The summed E-state index contributed by atoms with van der Waals surface area (Å²) in [7, 11) is 0. The van der Waals surface area contributed by atoms with Gasteiger partial charge in [-0.2, -0.15) is 0 Å². The second-order valence-electron chi connectivity index (χ2n) is 5.21. The van der Waals surface area contributed by atoms with E-state index in [2.05, 4.69) is 5.32 Å². The van der Waals surface area contributed by atoms with Gasteiger partial charge >= 0.3 is 0 Å². The van der Waals surface area contributed by atoms with Crippen LogP contribution in [0.5, 0.6) is 0 Å². The molecule has 0 aliphatic carbocycles. The average Bonchev–Trinajstić information content (AvgIpc) is 2.97. The summed E-state index contributed by atoms with van der Waals surface area (Å²) in [5.74, 6) is -0.105. The van der Waals surface area contributed by atoms with Gasteiger partial charge in [-0.05, 0) is 42.1 Å². The number of carbonyl (C=O) groups is 2. The Balaban J connectivity index is 1.92. The van der Waals surface area contributed by atoms with Gasteiger partial charge in [-0.25, -0.2) is 0 Å². The van der Waals surface area contributed by atoms with Gasteiger partial charge in [0.15, 0.2) is 0 Å². The highest BCUT2D eigenvalue weighted by molar-refractivity contribution is 7.10. The predicted molar refractivity (Wildman–Crippen MR) is 95.2 cm³/mol. The van der Waals surface area contributed by atoms with Gasteiger partial charge in [-0.3, -0.25) is 9.59 Å². The summed E-state index contributed by atoms with van der Waals surface area (Å²) < 4.78 is 0. The number of hydrogen-bond donors (Lipinski definition) is 1. The maximum absolute atomic E-state index is 11.9. The third kappa shape index (κ3) is 5.08. The minimum absolute atomic E-state index is 0.0382. The highest BCUT2D eigenvalue weighted by atomic mass is 35.5. The van der Waals surface area contributed by atoms with Crippen LogP contribution >= 0.6 is 22.9 Å². The number of halogens is 1. The number of amides is 2. The number of thiophene rings is 1. The molecular formula is C17H19ClN2O2S. The summed E-state index contributed by atoms with van der Waals surface area (Å²) in [4.78, 5) is 26.5. The smallest absolute Gasteiger partial charge is 0.225 e. The monoisotopic (exact) mass is 350 g/mol. The van der Waals surface area contributed by atoms with Crippen molar-refractivity contribution >= 4 is 40.4 Å². The first-order valence-corrected chi connectivity index (χ1v) is 8.56. The van der Waals surface area contributed by atoms with E-state index in [4.69, 9.17) is 11.6 Å². The van der Waals surface area contributed by atoms with Gasteiger partial charge in [-0.1, -0.05) is 17.7 Å². The fraction of sp³-hybridized carbons (Fsp3) is 0.294. The lowest BCUT2D eigenvalue weighted by Gasteiger charge is -2.23. The van der Waals surface area contributed by atoms with E-state index in [1.54, 1.807) is 22.3 Å². The predicted octanol–water partition coefficient (Wildman–Crippen LogP) is 3.42. The lowest BCUT2D eigenvalue weighted by atomic mass is 10.2. The van der Waals surface area contributed by atoms with E-state index in [9.17, 15) is 9.59 Å². The van der Waals surface area contributed by atoms with Crippen molar-refractivity contribution in [1.29, 1.82) is 0 Å². The van der Waals surface area contributed by atoms with Gasteiger partial charge in [0.2, 0.25) is 11.8 Å². The molecule has 2 aromatic rings. The van der Waals surface area contributed by atoms with E-state index in [-0.39, 0.29) is 11.8 Å².